The number of nitrogens with zero attached hydrogens (tertiary/aromatic N) is 1. The van der Waals surface area contributed by atoms with E-state index in [9.17, 15) is 4.79 Å². The van der Waals surface area contributed by atoms with Crippen LogP contribution in [-0.4, -0.2) is 23.2 Å². The molecular formula is C7H10NO2Re-. The average molecular weight is 326 g/mol. The van der Waals surface area contributed by atoms with Crippen molar-refractivity contribution in [2.45, 2.75) is 31.3 Å². The SMILES string of the molecule is O=C(O)C1[N-]C2CCC1C2.[Re]. The summed E-state index contributed by atoms with van der Waals surface area (Å²) in [6, 6.07) is 0.0184. The van der Waals surface area contributed by atoms with Crippen LogP contribution in [0.25, 0.3) is 5.32 Å². The van der Waals surface area contributed by atoms with Gasteiger partial charge in [-0.3, -0.25) is 4.79 Å². The number of aliphatic carboxylic acids is 1. The van der Waals surface area contributed by atoms with E-state index in [1.165, 1.54) is 0 Å². The van der Waals surface area contributed by atoms with E-state index in [1.54, 1.807) is 0 Å². The van der Waals surface area contributed by atoms with Crippen molar-refractivity contribution < 1.29 is 30.3 Å². The van der Waals surface area contributed by atoms with Crippen LogP contribution in [0.3, 0.4) is 0 Å². The monoisotopic (exact) mass is 327 g/mol. The molecule has 0 amide bonds. The standard InChI is InChI=1S/C7H10NO2.Re/c9-7(10)6-4-1-2-5(3-4)8-6;/h4-6H,1-3H2,(H,9,10);/q-1;. The van der Waals surface area contributed by atoms with Crippen molar-refractivity contribution in [3.8, 4) is 0 Å². The number of carbonyl (C=O) groups is 1. The van der Waals surface area contributed by atoms with Crippen molar-refractivity contribution in [1.82, 2.24) is 0 Å². The Morgan fingerprint density at radius 2 is 2.18 bits per heavy atom. The van der Waals surface area contributed by atoms with Crippen LogP contribution < -0.4 is 0 Å². The van der Waals surface area contributed by atoms with E-state index in [1.807, 2.05) is 0 Å². The summed E-state index contributed by atoms with van der Waals surface area (Å²) in [4.78, 5) is 10.5. The first kappa shape index (κ1) is 9.18. The van der Waals surface area contributed by atoms with E-state index < -0.39 is 5.97 Å². The molecule has 3 atom stereocenters. The molecule has 2 aliphatic rings. The van der Waals surface area contributed by atoms with Gasteiger partial charge in [-0.1, -0.05) is 19.3 Å². The van der Waals surface area contributed by atoms with Crippen molar-refractivity contribution in [2.24, 2.45) is 5.92 Å². The molecule has 1 aliphatic carbocycles. The molecule has 1 heterocycles. The molecule has 0 aromatic rings. The Morgan fingerprint density at radius 3 is 2.45 bits per heavy atom. The van der Waals surface area contributed by atoms with E-state index in [0.29, 0.717) is 12.0 Å². The van der Waals surface area contributed by atoms with Gasteiger partial charge in [-0.25, -0.2) is 0 Å². The van der Waals surface area contributed by atoms with Crippen LogP contribution in [0, 0.1) is 5.92 Å². The minimum atomic E-state index is -0.729. The molecule has 4 heteroatoms. The number of carboxylic acid groups (broad SMARTS) is 1. The molecule has 2 fully saturated rings. The van der Waals surface area contributed by atoms with Crippen LogP contribution in [0.4, 0.5) is 0 Å². The second-order valence-corrected chi connectivity index (χ2v) is 3.16. The van der Waals surface area contributed by atoms with Gasteiger partial charge in [0.2, 0.25) is 0 Å². The zero-order valence-electron chi connectivity index (χ0n) is 6.03. The van der Waals surface area contributed by atoms with Crippen molar-refractivity contribution in [2.75, 3.05) is 0 Å². The largest absolute Gasteiger partial charge is 0.647 e. The van der Waals surface area contributed by atoms with E-state index in [-0.39, 0.29) is 26.5 Å². The first-order valence-electron chi connectivity index (χ1n) is 3.70. The Labute approximate surface area is 79.2 Å². The van der Waals surface area contributed by atoms with Gasteiger partial charge in [0, 0.05) is 20.4 Å². The Bertz CT molecular complexity index is 174. The summed E-state index contributed by atoms with van der Waals surface area (Å²) in [5.41, 5.74) is 0. The third-order valence-electron chi connectivity index (χ3n) is 2.52. The summed E-state index contributed by atoms with van der Waals surface area (Å²) in [6.45, 7) is 0. The number of rotatable bonds is 1. The quantitative estimate of drug-likeness (QED) is 0.781. The van der Waals surface area contributed by atoms with Crippen molar-refractivity contribution in [1.29, 1.82) is 0 Å². The smallest absolute Gasteiger partial charge is 0.285 e. The maximum absolute atomic E-state index is 10.5. The van der Waals surface area contributed by atoms with Crippen LogP contribution in [0.5, 0.6) is 0 Å². The van der Waals surface area contributed by atoms with E-state index >= 15 is 0 Å². The first-order valence-corrected chi connectivity index (χ1v) is 3.70. The molecule has 1 radical (unpaired) electrons. The minimum Gasteiger partial charge on any atom is -0.647 e. The van der Waals surface area contributed by atoms with Gasteiger partial charge >= 0.3 is 0 Å². The predicted molar refractivity (Wildman–Crippen MR) is 35.9 cm³/mol. The number of carboxylic acids is 1. The van der Waals surface area contributed by atoms with Crippen molar-refractivity contribution in [3.05, 3.63) is 5.32 Å². The molecule has 1 saturated heterocycles. The molecule has 3 nitrogen and oxygen atoms in total. The van der Waals surface area contributed by atoms with Crippen LogP contribution in [0.2, 0.25) is 0 Å². The topological polar surface area (TPSA) is 51.4 Å². The normalized spacial score (nSPS) is 40.2. The number of piperidine rings is 1. The van der Waals surface area contributed by atoms with Crippen molar-refractivity contribution >= 4 is 5.97 Å². The molecule has 63 valence electrons. The molecule has 0 aromatic carbocycles. The van der Waals surface area contributed by atoms with E-state index in [4.69, 9.17) is 5.11 Å². The zero-order valence-corrected chi connectivity index (χ0v) is 8.75. The second-order valence-electron chi connectivity index (χ2n) is 3.16. The third kappa shape index (κ3) is 1.49. The molecule has 11 heavy (non-hydrogen) atoms. The van der Waals surface area contributed by atoms with Crippen LogP contribution in [-0.2, 0) is 25.2 Å². The fourth-order valence-electron chi connectivity index (χ4n) is 2.03. The molecule has 0 spiro atoms. The van der Waals surface area contributed by atoms with Crippen molar-refractivity contribution in [3.63, 3.8) is 0 Å². The van der Waals surface area contributed by atoms with Gasteiger partial charge in [0.25, 0.3) is 5.97 Å². The van der Waals surface area contributed by atoms with Gasteiger partial charge in [0.15, 0.2) is 0 Å². The van der Waals surface area contributed by atoms with Gasteiger partial charge in [-0.05, 0) is 12.0 Å². The van der Waals surface area contributed by atoms with Gasteiger partial charge in [0.1, 0.15) is 0 Å². The molecule has 2 rings (SSSR count). The Kier molecular flexibility index (Phi) is 2.69. The Balaban J connectivity index is 0.000000605. The maximum Gasteiger partial charge on any atom is 0.285 e. The summed E-state index contributed by atoms with van der Waals surface area (Å²) in [6.07, 6.45) is 3.22. The Morgan fingerprint density at radius 1 is 1.45 bits per heavy atom. The number of fused-ring (bicyclic) bond motifs is 2. The third-order valence-corrected chi connectivity index (χ3v) is 2.52. The van der Waals surface area contributed by atoms with Crippen LogP contribution in [0.15, 0.2) is 0 Å². The van der Waals surface area contributed by atoms with Crippen LogP contribution >= 0.6 is 0 Å². The molecule has 1 aliphatic heterocycles. The summed E-state index contributed by atoms with van der Waals surface area (Å²) in [7, 11) is 0. The molecule has 0 aromatic heterocycles. The maximum atomic E-state index is 10.5. The zero-order chi connectivity index (χ0) is 7.14. The van der Waals surface area contributed by atoms with E-state index in [0.717, 1.165) is 19.3 Å². The number of hydrogen-bond acceptors (Lipinski definition) is 1. The molecule has 3 unspecified atom stereocenters. The first-order chi connectivity index (χ1) is 4.77. The van der Waals surface area contributed by atoms with E-state index in [2.05, 4.69) is 5.32 Å². The van der Waals surface area contributed by atoms with Gasteiger partial charge in [-0.2, -0.15) is 0 Å². The van der Waals surface area contributed by atoms with Gasteiger partial charge < -0.3 is 10.4 Å². The summed E-state index contributed by atoms with van der Waals surface area (Å²) in [5, 5.41) is 12.8. The molecule has 1 N–H and O–H groups in total. The van der Waals surface area contributed by atoms with Crippen LogP contribution in [0.1, 0.15) is 19.3 Å². The fraction of sp³-hybridized carbons (Fsp3) is 0.857. The Hall–Kier alpha value is 0.0923. The van der Waals surface area contributed by atoms with Gasteiger partial charge in [0.05, 0.1) is 0 Å². The predicted octanol–water partition coefficient (Wildman–Crippen LogP) is 0.993. The fourth-order valence-corrected chi connectivity index (χ4v) is 2.03. The molecule has 1 saturated carbocycles. The summed E-state index contributed by atoms with van der Waals surface area (Å²) in [5.74, 6) is -0.366. The average Bonchev–Trinajstić information content (AvgIpc) is 2.44. The van der Waals surface area contributed by atoms with Gasteiger partial charge in [-0.15, -0.1) is 6.04 Å². The molecule has 2 bridgehead atoms. The molecular weight excluding hydrogens is 316 g/mol. The summed E-state index contributed by atoms with van der Waals surface area (Å²) >= 11 is 0. The number of hydrogen-bond donors (Lipinski definition) is 1. The second kappa shape index (κ2) is 3.22. The summed E-state index contributed by atoms with van der Waals surface area (Å²) < 4.78 is 0. The minimum absolute atomic E-state index is 0.